The van der Waals surface area contributed by atoms with Crippen LogP contribution in [0.15, 0.2) is 67.3 Å². The average Bonchev–Trinajstić information content (AvgIpc) is 3.66. The van der Waals surface area contributed by atoms with Crippen molar-refractivity contribution >= 4 is 23.0 Å². The normalized spacial score (nSPS) is 25.4. The van der Waals surface area contributed by atoms with E-state index in [1.54, 1.807) is 10.9 Å². The van der Waals surface area contributed by atoms with Gasteiger partial charge in [-0.15, -0.1) is 0 Å². The van der Waals surface area contributed by atoms with E-state index in [1.807, 2.05) is 30.3 Å². The fourth-order valence-corrected chi connectivity index (χ4v) is 5.69. The van der Waals surface area contributed by atoms with Gasteiger partial charge in [-0.2, -0.15) is 0 Å². The van der Waals surface area contributed by atoms with Crippen molar-refractivity contribution in [1.29, 1.82) is 0 Å². The number of hydrogen-bond acceptors (Lipinski definition) is 8. The van der Waals surface area contributed by atoms with Crippen molar-refractivity contribution in [2.75, 3.05) is 11.9 Å². The van der Waals surface area contributed by atoms with Crippen LogP contribution in [0.25, 0.3) is 11.2 Å². The van der Waals surface area contributed by atoms with E-state index in [0.717, 1.165) is 17.5 Å². The van der Waals surface area contributed by atoms with Crippen molar-refractivity contribution < 1.29 is 24.1 Å². The maximum atomic E-state index is 12.1. The monoisotopic (exact) mass is 499 g/mol. The van der Waals surface area contributed by atoms with Crippen molar-refractivity contribution in [3.05, 3.63) is 83.9 Å². The summed E-state index contributed by atoms with van der Waals surface area (Å²) in [6, 6.07) is 18.3. The standard InChI is InChI=1S/C27H25N5O5/c33-26(34)22-20-21(37-27(36-20)12-17-8-4-5-9-18(17)13-27)25(35-22)32-15-31-19-23(29-14-30-24(19)32)28-11-10-16-6-2-1-3-7-16/h1-9,14-15,20-22,25H,10-13H2,(H,33,34)(H,28,29,30)/t20?,21-,22-,25+/m0/s1. The predicted molar refractivity (Wildman–Crippen MR) is 132 cm³/mol. The first kappa shape index (κ1) is 22.3. The minimum Gasteiger partial charge on any atom is -0.479 e. The Hall–Kier alpha value is -3.86. The third-order valence-electron chi connectivity index (χ3n) is 7.35. The third-order valence-corrected chi connectivity index (χ3v) is 7.35. The molecule has 2 aromatic carbocycles. The number of ether oxygens (including phenoxy) is 3. The van der Waals surface area contributed by atoms with Gasteiger partial charge < -0.3 is 24.6 Å². The summed E-state index contributed by atoms with van der Waals surface area (Å²) in [5.74, 6) is -1.38. The van der Waals surface area contributed by atoms with Gasteiger partial charge >= 0.3 is 5.97 Å². The Bertz CT molecular complexity index is 1450. The number of benzene rings is 2. The minimum atomic E-state index is -1.17. The molecule has 2 aromatic heterocycles. The minimum absolute atomic E-state index is 0.534. The molecule has 4 atom stereocenters. The lowest BCUT2D eigenvalue weighted by Gasteiger charge is -2.26. The SMILES string of the molecule is O=C(O)[C@H]1O[C@@H](n2cnc3c(NCCc4ccccc4)ncnc32)[C@H]2OC3(Cc4ccccc4C3)OC12. The number of aliphatic carboxylic acids is 1. The van der Waals surface area contributed by atoms with Crippen LogP contribution in [0.4, 0.5) is 5.82 Å². The number of carboxylic acids is 1. The van der Waals surface area contributed by atoms with Crippen molar-refractivity contribution in [3.63, 3.8) is 0 Å². The number of carbonyl (C=O) groups is 1. The van der Waals surface area contributed by atoms with Gasteiger partial charge in [0.1, 0.15) is 18.5 Å². The Morgan fingerprint density at radius 2 is 1.73 bits per heavy atom. The van der Waals surface area contributed by atoms with E-state index in [9.17, 15) is 9.90 Å². The van der Waals surface area contributed by atoms with E-state index in [0.29, 0.717) is 36.4 Å². The number of carboxylic acid groups (broad SMARTS) is 1. The number of imidazole rings is 1. The summed E-state index contributed by atoms with van der Waals surface area (Å²) in [6.45, 7) is 0.675. The van der Waals surface area contributed by atoms with E-state index in [2.05, 4.69) is 44.5 Å². The van der Waals surface area contributed by atoms with Gasteiger partial charge in [0.05, 0.1) is 6.33 Å². The smallest absolute Gasteiger partial charge is 0.335 e. The highest BCUT2D eigenvalue weighted by molar-refractivity contribution is 5.82. The second-order valence-electron chi connectivity index (χ2n) is 9.69. The summed E-state index contributed by atoms with van der Waals surface area (Å²) in [7, 11) is 0. The quantitative estimate of drug-likeness (QED) is 0.412. The van der Waals surface area contributed by atoms with Crippen LogP contribution in [0.1, 0.15) is 22.9 Å². The molecule has 0 bridgehead atoms. The molecule has 2 aliphatic heterocycles. The molecule has 10 nitrogen and oxygen atoms in total. The van der Waals surface area contributed by atoms with Gasteiger partial charge in [-0.05, 0) is 23.1 Å². The predicted octanol–water partition coefficient (Wildman–Crippen LogP) is 2.74. The van der Waals surface area contributed by atoms with Crippen molar-refractivity contribution in [2.24, 2.45) is 0 Å². The number of rotatable bonds is 6. The fourth-order valence-electron chi connectivity index (χ4n) is 5.69. The highest BCUT2D eigenvalue weighted by Crippen LogP contribution is 2.48. The summed E-state index contributed by atoms with van der Waals surface area (Å²) in [4.78, 5) is 25.5. The molecule has 2 N–H and O–H groups in total. The molecule has 4 aromatic rings. The first-order valence-electron chi connectivity index (χ1n) is 12.4. The molecule has 37 heavy (non-hydrogen) atoms. The molecular formula is C27H25N5O5. The van der Waals surface area contributed by atoms with Crippen molar-refractivity contribution in [1.82, 2.24) is 19.5 Å². The highest BCUT2D eigenvalue weighted by Gasteiger charge is 2.62. The van der Waals surface area contributed by atoms with Gasteiger partial charge in [-0.3, -0.25) is 4.57 Å². The van der Waals surface area contributed by atoms with Crippen LogP contribution in [0, 0.1) is 0 Å². The van der Waals surface area contributed by atoms with E-state index in [-0.39, 0.29) is 0 Å². The molecule has 0 amide bonds. The Morgan fingerprint density at radius 3 is 2.49 bits per heavy atom. The molecule has 2 fully saturated rings. The summed E-state index contributed by atoms with van der Waals surface area (Å²) >= 11 is 0. The molecule has 1 aliphatic carbocycles. The summed E-state index contributed by atoms with van der Waals surface area (Å²) in [6.07, 6.45) is 1.73. The molecule has 1 unspecified atom stereocenters. The lowest BCUT2D eigenvalue weighted by atomic mass is 10.1. The van der Waals surface area contributed by atoms with Crippen molar-refractivity contribution in [2.45, 2.75) is 49.6 Å². The Labute approximate surface area is 212 Å². The van der Waals surface area contributed by atoms with Gasteiger partial charge in [0.25, 0.3) is 0 Å². The van der Waals surface area contributed by atoms with Gasteiger partial charge in [0.2, 0.25) is 0 Å². The molecule has 0 radical (unpaired) electrons. The second-order valence-corrected chi connectivity index (χ2v) is 9.69. The van der Waals surface area contributed by atoms with E-state index < -0.39 is 36.3 Å². The first-order chi connectivity index (χ1) is 18.1. The Balaban J connectivity index is 1.16. The average molecular weight is 500 g/mol. The highest BCUT2D eigenvalue weighted by atomic mass is 16.8. The number of nitrogens with zero attached hydrogens (tertiary/aromatic N) is 4. The molecule has 0 saturated carbocycles. The zero-order valence-corrected chi connectivity index (χ0v) is 19.9. The van der Waals surface area contributed by atoms with Crippen LogP contribution in [-0.2, 0) is 38.3 Å². The molecule has 3 aliphatic rings. The molecule has 4 heterocycles. The van der Waals surface area contributed by atoms with Crippen LogP contribution >= 0.6 is 0 Å². The Kier molecular flexibility index (Phi) is 5.20. The van der Waals surface area contributed by atoms with E-state index in [4.69, 9.17) is 14.2 Å². The van der Waals surface area contributed by atoms with Crippen LogP contribution in [0.5, 0.6) is 0 Å². The maximum absolute atomic E-state index is 12.1. The molecular weight excluding hydrogens is 474 g/mol. The van der Waals surface area contributed by atoms with Crippen LogP contribution in [-0.4, -0.2) is 61.2 Å². The molecule has 10 heteroatoms. The molecule has 1 spiro atoms. The fraction of sp³-hybridized carbons (Fsp3) is 0.333. The number of anilines is 1. The van der Waals surface area contributed by atoms with Gasteiger partial charge in [-0.25, -0.2) is 19.7 Å². The number of aromatic nitrogens is 4. The number of fused-ring (bicyclic) bond motifs is 3. The van der Waals surface area contributed by atoms with Gasteiger partial charge in [-0.1, -0.05) is 54.6 Å². The maximum Gasteiger partial charge on any atom is 0.335 e. The summed E-state index contributed by atoms with van der Waals surface area (Å²) in [5.41, 5.74) is 4.64. The molecule has 2 saturated heterocycles. The van der Waals surface area contributed by atoms with E-state index >= 15 is 0 Å². The largest absolute Gasteiger partial charge is 0.479 e. The van der Waals surface area contributed by atoms with Crippen LogP contribution < -0.4 is 5.32 Å². The zero-order valence-electron chi connectivity index (χ0n) is 19.9. The lowest BCUT2D eigenvalue weighted by Crippen LogP contribution is -2.38. The van der Waals surface area contributed by atoms with E-state index in [1.165, 1.54) is 11.9 Å². The second kappa shape index (κ2) is 8.62. The Morgan fingerprint density at radius 1 is 1.00 bits per heavy atom. The third kappa shape index (κ3) is 3.76. The number of hydrogen-bond donors (Lipinski definition) is 2. The molecule has 7 rings (SSSR count). The number of nitrogens with one attached hydrogen (secondary N) is 1. The van der Waals surface area contributed by atoms with Gasteiger partial charge in [0.15, 0.2) is 35.1 Å². The lowest BCUT2D eigenvalue weighted by molar-refractivity contribution is -0.214. The van der Waals surface area contributed by atoms with Crippen molar-refractivity contribution in [3.8, 4) is 0 Å². The first-order valence-corrected chi connectivity index (χ1v) is 12.4. The molecule has 188 valence electrons. The summed E-state index contributed by atoms with van der Waals surface area (Å²) in [5, 5.41) is 13.3. The van der Waals surface area contributed by atoms with Crippen LogP contribution in [0.2, 0.25) is 0 Å². The summed E-state index contributed by atoms with van der Waals surface area (Å²) < 4.78 is 20.6. The topological polar surface area (TPSA) is 121 Å². The van der Waals surface area contributed by atoms with Crippen LogP contribution in [0.3, 0.4) is 0 Å². The van der Waals surface area contributed by atoms with Gasteiger partial charge in [0, 0.05) is 19.4 Å². The zero-order chi connectivity index (χ0) is 25.0.